The molecule has 0 spiro atoms. The molecule has 2 aromatic carbocycles. The van der Waals surface area contributed by atoms with Crippen LogP contribution in [-0.4, -0.2) is 14.3 Å². The number of nitrogens with one attached hydrogen (secondary N) is 1. The molecular weight excluding hydrogens is 300 g/mol. The van der Waals surface area contributed by atoms with Crippen LogP contribution < -0.4 is 10.5 Å². The molecule has 3 N–H and O–H groups in total. The van der Waals surface area contributed by atoms with Crippen LogP contribution in [0.1, 0.15) is 27.0 Å². The Morgan fingerprint density at radius 2 is 1.68 bits per heavy atom. The van der Waals surface area contributed by atoms with Gasteiger partial charge in [-0.2, -0.15) is 0 Å². The topological polar surface area (TPSA) is 89.3 Å². The van der Waals surface area contributed by atoms with Gasteiger partial charge in [0.1, 0.15) is 0 Å². The molecule has 0 aliphatic heterocycles. The molecule has 116 valence electrons. The van der Waals surface area contributed by atoms with Gasteiger partial charge < -0.3 is 5.32 Å². The quantitative estimate of drug-likeness (QED) is 0.906. The zero-order valence-electron chi connectivity index (χ0n) is 12.5. The minimum Gasteiger partial charge on any atom is -0.322 e. The van der Waals surface area contributed by atoms with Gasteiger partial charge in [-0.3, -0.25) is 4.79 Å². The molecule has 0 atom stereocenters. The van der Waals surface area contributed by atoms with Crippen LogP contribution in [0.5, 0.6) is 0 Å². The van der Waals surface area contributed by atoms with E-state index in [0.29, 0.717) is 16.8 Å². The second-order valence-electron chi connectivity index (χ2n) is 5.26. The molecule has 0 aliphatic carbocycles. The predicted molar refractivity (Wildman–Crippen MR) is 87.1 cm³/mol. The molecule has 0 unspecified atom stereocenters. The number of rotatable bonds is 4. The molecule has 1 amide bonds. The second-order valence-corrected chi connectivity index (χ2v) is 6.87. The lowest BCUT2D eigenvalue weighted by Gasteiger charge is -2.08. The summed E-state index contributed by atoms with van der Waals surface area (Å²) < 4.78 is 22.0. The lowest BCUT2D eigenvalue weighted by molar-refractivity contribution is 0.102. The first-order valence-electron chi connectivity index (χ1n) is 6.72. The van der Waals surface area contributed by atoms with E-state index in [4.69, 9.17) is 5.14 Å². The summed E-state index contributed by atoms with van der Waals surface area (Å²) in [7, 11) is -3.55. The zero-order chi connectivity index (χ0) is 16.3. The minimum atomic E-state index is -3.55. The van der Waals surface area contributed by atoms with Crippen LogP contribution in [0.3, 0.4) is 0 Å². The average molecular weight is 318 g/mol. The normalized spacial score (nSPS) is 11.2. The number of hydrogen-bond acceptors (Lipinski definition) is 3. The summed E-state index contributed by atoms with van der Waals surface area (Å²) in [5, 5.41) is 7.77. The Labute approximate surface area is 130 Å². The fourth-order valence-corrected chi connectivity index (χ4v) is 2.66. The fourth-order valence-electron chi connectivity index (χ4n) is 2.00. The number of anilines is 1. The molecule has 6 heteroatoms. The SMILES string of the molecule is Cc1ccc(C(=O)Nc2ccc(CS(N)(=O)=O)cc2)cc1C. The number of benzene rings is 2. The third-order valence-electron chi connectivity index (χ3n) is 3.35. The number of sulfonamides is 1. The molecule has 0 fully saturated rings. The van der Waals surface area contributed by atoms with Crippen molar-refractivity contribution in [2.45, 2.75) is 19.6 Å². The third kappa shape index (κ3) is 4.41. The number of aryl methyl sites for hydroxylation is 2. The Morgan fingerprint density at radius 1 is 1.05 bits per heavy atom. The van der Waals surface area contributed by atoms with Crippen molar-refractivity contribution in [3.63, 3.8) is 0 Å². The van der Waals surface area contributed by atoms with Crippen molar-refractivity contribution in [3.8, 4) is 0 Å². The molecule has 5 nitrogen and oxygen atoms in total. The molecule has 0 heterocycles. The minimum absolute atomic E-state index is 0.206. The first kappa shape index (κ1) is 16.2. The third-order valence-corrected chi connectivity index (χ3v) is 4.08. The summed E-state index contributed by atoms with van der Waals surface area (Å²) in [5.74, 6) is -0.430. The maximum atomic E-state index is 12.2. The van der Waals surface area contributed by atoms with Crippen molar-refractivity contribution >= 4 is 21.6 Å². The lowest BCUT2D eigenvalue weighted by Crippen LogP contribution is -2.15. The van der Waals surface area contributed by atoms with Crippen molar-refractivity contribution in [3.05, 3.63) is 64.7 Å². The van der Waals surface area contributed by atoms with Gasteiger partial charge in [-0.05, 0) is 54.8 Å². The maximum absolute atomic E-state index is 12.2. The van der Waals surface area contributed by atoms with E-state index < -0.39 is 10.0 Å². The van der Waals surface area contributed by atoms with Crippen LogP contribution in [0.2, 0.25) is 0 Å². The van der Waals surface area contributed by atoms with Crippen LogP contribution in [0.15, 0.2) is 42.5 Å². The van der Waals surface area contributed by atoms with Gasteiger partial charge in [-0.1, -0.05) is 18.2 Å². The molecular formula is C16H18N2O3S. The van der Waals surface area contributed by atoms with Gasteiger partial charge in [0.15, 0.2) is 0 Å². The molecule has 0 saturated carbocycles. The van der Waals surface area contributed by atoms with Gasteiger partial charge >= 0.3 is 0 Å². The Bertz CT molecular complexity index is 797. The van der Waals surface area contributed by atoms with Crippen molar-refractivity contribution in [2.24, 2.45) is 5.14 Å². The van der Waals surface area contributed by atoms with Crippen molar-refractivity contribution in [2.75, 3.05) is 5.32 Å². The van der Waals surface area contributed by atoms with E-state index in [9.17, 15) is 13.2 Å². The van der Waals surface area contributed by atoms with Gasteiger partial charge in [0, 0.05) is 11.3 Å². The Balaban J connectivity index is 2.10. The average Bonchev–Trinajstić information content (AvgIpc) is 2.42. The van der Waals surface area contributed by atoms with Crippen LogP contribution in [0, 0.1) is 13.8 Å². The molecule has 2 aromatic rings. The van der Waals surface area contributed by atoms with E-state index >= 15 is 0 Å². The van der Waals surface area contributed by atoms with E-state index in [-0.39, 0.29) is 11.7 Å². The number of nitrogens with two attached hydrogens (primary N) is 1. The van der Waals surface area contributed by atoms with E-state index in [2.05, 4.69) is 5.32 Å². The van der Waals surface area contributed by atoms with Crippen LogP contribution in [-0.2, 0) is 15.8 Å². The summed E-state index contributed by atoms with van der Waals surface area (Å²) in [5.41, 5.74) is 3.94. The highest BCUT2D eigenvalue weighted by atomic mass is 32.2. The molecule has 22 heavy (non-hydrogen) atoms. The highest BCUT2D eigenvalue weighted by Gasteiger charge is 2.08. The molecule has 0 aliphatic rings. The van der Waals surface area contributed by atoms with E-state index in [0.717, 1.165) is 11.1 Å². The molecule has 0 bridgehead atoms. The van der Waals surface area contributed by atoms with Crippen LogP contribution in [0.4, 0.5) is 5.69 Å². The van der Waals surface area contributed by atoms with Gasteiger partial charge in [-0.25, -0.2) is 13.6 Å². The van der Waals surface area contributed by atoms with E-state index in [1.165, 1.54) is 0 Å². The van der Waals surface area contributed by atoms with Crippen LogP contribution >= 0.6 is 0 Å². The molecule has 0 radical (unpaired) electrons. The molecule has 0 aromatic heterocycles. The van der Waals surface area contributed by atoms with Crippen molar-refractivity contribution in [1.82, 2.24) is 0 Å². The first-order chi connectivity index (χ1) is 10.2. The summed E-state index contributed by atoms with van der Waals surface area (Å²) >= 11 is 0. The monoisotopic (exact) mass is 318 g/mol. The Kier molecular flexibility index (Phi) is 4.63. The largest absolute Gasteiger partial charge is 0.322 e. The number of amides is 1. The second kappa shape index (κ2) is 6.29. The van der Waals surface area contributed by atoms with Gasteiger partial charge in [-0.15, -0.1) is 0 Å². The van der Waals surface area contributed by atoms with Crippen LogP contribution in [0.25, 0.3) is 0 Å². The van der Waals surface area contributed by atoms with E-state index in [1.54, 1.807) is 30.3 Å². The smallest absolute Gasteiger partial charge is 0.255 e. The standard InChI is InChI=1S/C16H18N2O3S/c1-11-3-6-14(9-12(11)2)16(19)18-15-7-4-13(5-8-15)10-22(17,20)21/h3-9H,10H2,1-2H3,(H,18,19)(H2,17,20,21). The summed E-state index contributed by atoms with van der Waals surface area (Å²) in [4.78, 5) is 12.2. The first-order valence-corrected chi connectivity index (χ1v) is 8.44. The van der Waals surface area contributed by atoms with Crippen molar-refractivity contribution < 1.29 is 13.2 Å². The lowest BCUT2D eigenvalue weighted by atomic mass is 10.1. The molecule has 2 rings (SSSR count). The highest BCUT2D eigenvalue weighted by Crippen LogP contribution is 2.14. The Morgan fingerprint density at radius 3 is 2.23 bits per heavy atom. The van der Waals surface area contributed by atoms with Gasteiger partial charge in [0.2, 0.25) is 10.0 Å². The number of hydrogen-bond donors (Lipinski definition) is 2. The molecule has 0 saturated heterocycles. The number of carbonyl (C=O) groups excluding carboxylic acids is 1. The summed E-state index contributed by atoms with van der Waals surface area (Å²) in [6, 6.07) is 12.1. The van der Waals surface area contributed by atoms with Gasteiger partial charge in [0.05, 0.1) is 5.75 Å². The fraction of sp³-hybridized carbons (Fsp3) is 0.188. The van der Waals surface area contributed by atoms with Crippen molar-refractivity contribution in [1.29, 1.82) is 0 Å². The maximum Gasteiger partial charge on any atom is 0.255 e. The number of carbonyl (C=O) groups is 1. The summed E-state index contributed by atoms with van der Waals surface area (Å²) in [6.07, 6.45) is 0. The van der Waals surface area contributed by atoms with E-state index in [1.807, 2.05) is 26.0 Å². The zero-order valence-corrected chi connectivity index (χ0v) is 13.3. The van der Waals surface area contributed by atoms with Gasteiger partial charge in [0.25, 0.3) is 5.91 Å². The highest BCUT2D eigenvalue weighted by molar-refractivity contribution is 7.88. The Hall–Kier alpha value is -2.18. The summed E-state index contributed by atoms with van der Waals surface area (Å²) in [6.45, 7) is 3.94. The number of primary sulfonamides is 1. The predicted octanol–water partition coefficient (Wildman–Crippen LogP) is 2.34.